The predicted octanol–water partition coefficient (Wildman–Crippen LogP) is 0.999. The summed E-state index contributed by atoms with van der Waals surface area (Å²) in [5.74, 6) is 0.356. The highest BCUT2D eigenvalue weighted by Gasteiger charge is 2.26. The molecule has 1 amide bonds. The molecule has 1 rings (SSSR count). The molecular weight excluding hydrogens is 204 g/mol. The largest absolute Gasteiger partial charge is 0.380 e. The lowest BCUT2D eigenvalue weighted by atomic mass is 10.0. The molecule has 0 aromatic rings. The molecule has 16 heavy (non-hydrogen) atoms. The third-order valence-corrected chi connectivity index (χ3v) is 3.29. The van der Waals surface area contributed by atoms with Crippen LogP contribution in [-0.4, -0.2) is 43.7 Å². The molecule has 1 aliphatic rings. The lowest BCUT2D eigenvalue weighted by Gasteiger charge is -2.33. The topological polar surface area (TPSA) is 55.6 Å². The number of likely N-dealkylation sites (tertiary alicyclic amines) is 1. The van der Waals surface area contributed by atoms with E-state index in [4.69, 9.17) is 10.5 Å². The average molecular weight is 228 g/mol. The van der Waals surface area contributed by atoms with Gasteiger partial charge in [-0.05, 0) is 32.2 Å². The average Bonchev–Trinajstić information content (AvgIpc) is 2.35. The minimum absolute atomic E-state index is 0.0964. The smallest absolute Gasteiger partial charge is 0.225 e. The number of ether oxygens (including phenoxy) is 1. The van der Waals surface area contributed by atoms with Crippen LogP contribution in [-0.2, 0) is 9.53 Å². The number of hydrogen-bond donors (Lipinski definition) is 1. The van der Waals surface area contributed by atoms with Crippen LogP contribution < -0.4 is 5.73 Å². The number of carbonyl (C=O) groups is 1. The molecule has 0 spiro atoms. The van der Waals surface area contributed by atoms with E-state index in [1.165, 1.54) is 0 Å². The molecule has 1 heterocycles. The van der Waals surface area contributed by atoms with Gasteiger partial charge in [-0.25, -0.2) is 0 Å². The van der Waals surface area contributed by atoms with Crippen LogP contribution in [0.25, 0.3) is 0 Å². The molecule has 1 saturated heterocycles. The van der Waals surface area contributed by atoms with Crippen molar-refractivity contribution in [2.45, 2.75) is 38.7 Å². The number of hydrogen-bond acceptors (Lipinski definition) is 3. The molecule has 2 atom stereocenters. The van der Waals surface area contributed by atoms with Crippen LogP contribution in [0.2, 0.25) is 0 Å². The van der Waals surface area contributed by atoms with Gasteiger partial charge in [0.15, 0.2) is 0 Å². The predicted molar refractivity (Wildman–Crippen MR) is 64.1 cm³/mol. The number of nitrogens with zero attached hydrogens (tertiary/aromatic N) is 1. The van der Waals surface area contributed by atoms with Gasteiger partial charge >= 0.3 is 0 Å². The van der Waals surface area contributed by atoms with Crippen molar-refractivity contribution in [3.05, 3.63) is 0 Å². The zero-order chi connectivity index (χ0) is 12.0. The molecule has 0 aromatic carbocycles. The minimum atomic E-state index is 0.0964. The fraction of sp³-hybridized carbons (Fsp3) is 0.917. The fourth-order valence-corrected chi connectivity index (χ4v) is 2.19. The summed E-state index contributed by atoms with van der Waals surface area (Å²) in [4.78, 5) is 14.0. The van der Waals surface area contributed by atoms with E-state index in [0.29, 0.717) is 6.54 Å². The highest BCUT2D eigenvalue weighted by molar-refractivity contribution is 5.78. The molecule has 2 N–H and O–H groups in total. The van der Waals surface area contributed by atoms with E-state index in [0.717, 1.165) is 38.8 Å². The second-order valence-corrected chi connectivity index (χ2v) is 4.62. The van der Waals surface area contributed by atoms with Crippen LogP contribution >= 0.6 is 0 Å². The molecule has 0 saturated carbocycles. The Hall–Kier alpha value is -0.610. The van der Waals surface area contributed by atoms with Crippen molar-refractivity contribution >= 4 is 5.91 Å². The number of methoxy groups -OCH3 is 1. The second-order valence-electron chi connectivity index (χ2n) is 4.62. The number of nitrogens with two attached hydrogens (primary N) is 1. The van der Waals surface area contributed by atoms with Crippen molar-refractivity contribution in [2.75, 3.05) is 26.7 Å². The van der Waals surface area contributed by atoms with E-state index in [2.05, 4.69) is 0 Å². The molecule has 2 unspecified atom stereocenters. The van der Waals surface area contributed by atoms with Crippen molar-refractivity contribution in [1.29, 1.82) is 0 Å². The summed E-state index contributed by atoms with van der Waals surface area (Å²) in [6, 6.07) is 0. The first kappa shape index (κ1) is 13.5. The van der Waals surface area contributed by atoms with E-state index < -0.39 is 0 Å². The fourth-order valence-electron chi connectivity index (χ4n) is 2.19. The number of rotatable bonds is 5. The van der Waals surface area contributed by atoms with Gasteiger partial charge in [-0.3, -0.25) is 4.79 Å². The monoisotopic (exact) mass is 228 g/mol. The molecule has 4 heteroatoms. The lowest BCUT2D eigenvalue weighted by molar-refractivity contribution is -0.138. The van der Waals surface area contributed by atoms with Gasteiger partial charge in [0.05, 0.1) is 6.10 Å². The highest BCUT2D eigenvalue weighted by Crippen LogP contribution is 2.17. The van der Waals surface area contributed by atoms with Crippen LogP contribution in [0.4, 0.5) is 0 Å². The first-order valence-corrected chi connectivity index (χ1v) is 6.20. The van der Waals surface area contributed by atoms with Gasteiger partial charge in [-0.2, -0.15) is 0 Å². The van der Waals surface area contributed by atoms with Crippen molar-refractivity contribution < 1.29 is 9.53 Å². The Morgan fingerprint density at radius 3 is 3.00 bits per heavy atom. The Kier molecular flexibility index (Phi) is 5.77. The van der Waals surface area contributed by atoms with Gasteiger partial charge in [0.2, 0.25) is 5.91 Å². The maximum atomic E-state index is 12.1. The first-order chi connectivity index (χ1) is 7.69. The van der Waals surface area contributed by atoms with Gasteiger partial charge in [0.25, 0.3) is 0 Å². The highest BCUT2D eigenvalue weighted by atomic mass is 16.5. The molecule has 0 bridgehead atoms. The second kappa shape index (κ2) is 6.86. The summed E-state index contributed by atoms with van der Waals surface area (Å²) in [5.41, 5.74) is 5.45. The van der Waals surface area contributed by atoms with Gasteiger partial charge in [-0.15, -0.1) is 0 Å². The van der Waals surface area contributed by atoms with Crippen molar-refractivity contribution in [3.8, 4) is 0 Å². The number of carbonyl (C=O) groups excluding carboxylic acids is 1. The standard InChI is InChI=1S/C12H24N2O2/c1-10(5-3-7-13)12(15)14-8-4-6-11(9-14)16-2/h10-11H,3-9,13H2,1-2H3. The number of amides is 1. The van der Waals surface area contributed by atoms with Crippen LogP contribution in [0.5, 0.6) is 0 Å². The van der Waals surface area contributed by atoms with Crippen LogP contribution in [0, 0.1) is 5.92 Å². The SMILES string of the molecule is COC1CCCN(C(=O)C(C)CCCN)C1. The third-order valence-electron chi connectivity index (χ3n) is 3.29. The normalized spacial score (nSPS) is 23.2. The van der Waals surface area contributed by atoms with E-state index in [-0.39, 0.29) is 17.9 Å². The van der Waals surface area contributed by atoms with Gasteiger partial charge in [0, 0.05) is 26.1 Å². The summed E-state index contributed by atoms with van der Waals surface area (Å²) in [7, 11) is 1.72. The van der Waals surface area contributed by atoms with E-state index in [9.17, 15) is 4.79 Å². The summed E-state index contributed by atoms with van der Waals surface area (Å²) >= 11 is 0. The molecular formula is C12H24N2O2. The molecule has 1 aliphatic heterocycles. The quantitative estimate of drug-likeness (QED) is 0.763. The lowest BCUT2D eigenvalue weighted by Crippen LogP contribution is -2.45. The Balaban J connectivity index is 2.40. The molecule has 94 valence electrons. The Morgan fingerprint density at radius 2 is 2.38 bits per heavy atom. The zero-order valence-electron chi connectivity index (χ0n) is 10.4. The summed E-state index contributed by atoms with van der Waals surface area (Å²) < 4.78 is 5.32. The zero-order valence-corrected chi connectivity index (χ0v) is 10.4. The van der Waals surface area contributed by atoms with Gasteiger partial charge in [-0.1, -0.05) is 6.92 Å². The third kappa shape index (κ3) is 3.76. The molecule has 4 nitrogen and oxygen atoms in total. The summed E-state index contributed by atoms with van der Waals surface area (Å²) in [6.07, 6.45) is 4.16. The maximum absolute atomic E-state index is 12.1. The minimum Gasteiger partial charge on any atom is -0.380 e. The van der Waals surface area contributed by atoms with E-state index in [1.54, 1.807) is 7.11 Å². The molecule has 0 radical (unpaired) electrons. The van der Waals surface area contributed by atoms with Crippen molar-refractivity contribution in [1.82, 2.24) is 4.90 Å². The van der Waals surface area contributed by atoms with Crippen LogP contribution in [0.3, 0.4) is 0 Å². The number of piperidine rings is 1. The van der Waals surface area contributed by atoms with Gasteiger partial charge < -0.3 is 15.4 Å². The summed E-state index contributed by atoms with van der Waals surface area (Å²) in [5, 5.41) is 0. The summed E-state index contributed by atoms with van der Waals surface area (Å²) in [6.45, 7) is 4.29. The van der Waals surface area contributed by atoms with Crippen molar-refractivity contribution in [2.24, 2.45) is 11.7 Å². The first-order valence-electron chi connectivity index (χ1n) is 6.20. The van der Waals surface area contributed by atoms with Gasteiger partial charge in [0.1, 0.15) is 0 Å². The molecule has 1 fully saturated rings. The van der Waals surface area contributed by atoms with E-state index in [1.807, 2.05) is 11.8 Å². The maximum Gasteiger partial charge on any atom is 0.225 e. The Bertz CT molecular complexity index is 221. The van der Waals surface area contributed by atoms with Crippen LogP contribution in [0.15, 0.2) is 0 Å². The molecule has 0 aliphatic carbocycles. The van der Waals surface area contributed by atoms with Crippen molar-refractivity contribution in [3.63, 3.8) is 0 Å². The Morgan fingerprint density at radius 1 is 1.62 bits per heavy atom. The van der Waals surface area contributed by atoms with Crippen LogP contribution in [0.1, 0.15) is 32.6 Å². The van der Waals surface area contributed by atoms with E-state index >= 15 is 0 Å². The molecule has 0 aromatic heterocycles. The Labute approximate surface area is 98.1 Å².